The van der Waals surface area contributed by atoms with E-state index in [9.17, 15) is 13.2 Å². The Hall–Kier alpha value is -2.21. The van der Waals surface area contributed by atoms with Gasteiger partial charge < -0.3 is 15.2 Å². The standard InChI is InChI=1S/C18H18F3NO2/c1-10-5-15(17-16(6-10)23-9-13(8-22)24-17)14-4-3-12(7-11(14)2)18(19,20)21/h3-7,13H,8-9,22H2,1-2H3/t13-/m0/s1. The normalized spacial score (nSPS) is 17.0. The number of halogens is 3. The van der Waals surface area contributed by atoms with Gasteiger partial charge in [0.05, 0.1) is 5.56 Å². The minimum Gasteiger partial charge on any atom is -0.486 e. The third-order valence-corrected chi connectivity index (χ3v) is 4.02. The average Bonchev–Trinajstić information content (AvgIpc) is 2.52. The van der Waals surface area contributed by atoms with Crippen molar-refractivity contribution in [1.82, 2.24) is 0 Å². The van der Waals surface area contributed by atoms with Crippen LogP contribution in [-0.4, -0.2) is 19.3 Å². The fraction of sp³-hybridized carbons (Fsp3) is 0.333. The molecule has 0 unspecified atom stereocenters. The van der Waals surface area contributed by atoms with Crippen molar-refractivity contribution in [2.45, 2.75) is 26.1 Å². The first-order chi connectivity index (χ1) is 11.3. The third-order valence-electron chi connectivity index (χ3n) is 4.02. The molecule has 1 atom stereocenters. The molecule has 2 aromatic carbocycles. The first-order valence-electron chi connectivity index (χ1n) is 7.62. The SMILES string of the molecule is Cc1cc2c(c(-c3ccc(C(F)(F)F)cc3C)c1)O[C@@H](CN)CO2. The molecule has 6 heteroatoms. The van der Waals surface area contributed by atoms with E-state index < -0.39 is 11.7 Å². The summed E-state index contributed by atoms with van der Waals surface area (Å²) in [5.41, 5.74) is 7.85. The highest BCUT2D eigenvalue weighted by atomic mass is 19.4. The molecule has 0 amide bonds. The number of fused-ring (bicyclic) bond motifs is 1. The Morgan fingerprint density at radius 1 is 1.12 bits per heavy atom. The maximum Gasteiger partial charge on any atom is 0.416 e. The van der Waals surface area contributed by atoms with Gasteiger partial charge >= 0.3 is 6.18 Å². The van der Waals surface area contributed by atoms with E-state index in [1.807, 2.05) is 19.1 Å². The molecular weight excluding hydrogens is 319 g/mol. The molecular formula is C18H18F3NO2. The van der Waals surface area contributed by atoms with Gasteiger partial charge in [0.2, 0.25) is 0 Å². The summed E-state index contributed by atoms with van der Waals surface area (Å²) >= 11 is 0. The summed E-state index contributed by atoms with van der Waals surface area (Å²) in [6.07, 6.45) is -4.63. The van der Waals surface area contributed by atoms with Gasteiger partial charge in [-0.25, -0.2) is 0 Å². The molecule has 3 rings (SSSR count). The van der Waals surface area contributed by atoms with Crippen molar-refractivity contribution >= 4 is 0 Å². The quantitative estimate of drug-likeness (QED) is 0.898. The number of benzene rings is 2. The Kier molecular flexibility index (Phi) is 4.17. The fourth-order valence-electron chi connectivity index (χ4n) is 2.81. The van der Waals surface area contributed by atoms with E-state index in [0.717, 1.165) is 23.3 Å². The molecule has 3 nitrogen and oxygen atoms in total. The van der Waals surface area contributed by atoms with Crippen LogP contribution in [0.5, 0.6) is 11.5 Å². The van der Waals surface area contributed by atoms with E-state index in [0.29, 0.717) is 35.8 Å². The van der Waals surface area contributed by atoms with E-state index in [-0.39, 0.29) is 6.10 Å². The van der Waals surface area contributed by atoms with Crippen LogP contribution in [-0.2, 0) is 6.18 Å². The van der Waals surface area contributed by atoms with E-state index in [4.69, 9.17) is 15.2 Å². The summed E-state index contributed by atoms with van der Waals surface area (Å²) in [5, 5.41) is 0. The molecule has 0 fully saturated rings. The third kappa shape index (κ3) is 3.06. The number of nitrogens with two attached hydrogens (primary N) is 1. The van der Waals surface area contributed by atoms with Gasteiger partial charge in [-0.15, -0.1) is 0 Å². The minimum absolute atomic E-state index is 0.270. The summed E-state index contributed by atoms with van der Waals surface area (Å²) < 4.78 is 50.2. The molecule has 24 heavy (non-hydrogen) atoms. The molecule has 1 aliphatic heterocycles. The molecule has 2 aromatic rings. The lowest BCUT2D eigenvalue weighted by Gasteiger charge is -2.28. The summed E-state index contributed by atoms with van der Waals surface area (Å²) in [4.78, 5) is 0. The van der Waals surface area contributed by atoms with E-state index in [1.165, 1.54) is 6.07 Å². The van der Waals surface area contributed by atoms with Gasteiger partial charge in [0, 0.05) is 12.1 Å². The van der Waals surface area contributed by atoms with Crippen LogP contribution in [0.2, 0.25) is 0 Å². The number of rotatable bonds is 2. The fourth-order valence-corrected chi connectivity index (χ4v) is 2.81. The average molecular weight is 337 g/mol. The Morgan fingerprint density at radius 2 is 1.88 bits per heavy atom. The van der Waals surface area contributed by atoms with Crippen LogP contribution in [0.25, 0.3) is 11.1 Å². The van der Waals surface area contributed by atoms with Crippen LogP contribution in [0.1, 0.15) is 16.7 Å². The molecule has 0 radical (unpaired) electrons. The van der Waals surface area contributed by atoms with E-state index >= 15 is 0 Å². The minimum atomic E-state index is -4.36. The lowest BCUT2D eigenvalue weighted by atomic mass is 9.95. The summed E-state index contributed by atoms with van der Waals surface area (Å²) in [6.45, 7) is 4.22. The van der Waals surface area contributed by atoms with Gasteiger partial charge in [-0.3, -0.25) is 0 Å². The second-order valence-electron chi connectivity index (χ2n) is 5.95. The van der Waals surface area contributed by atoms with Crippen LogP contribution >= 0.6 is 0 Å². The second kappa shape index (κ2) is 6.02. The van der Waals surface area contributed by atoms with Crippen molar-refractivity contribution in [2.24, 2.45) is 5.73 Å². The van der Waals surface area contributed by atoms with Gasteiger partial charge in [0.25, 0.3) is 0 Å². The highest BCUT2D eigenvalue weighted by Crippen LogP contribution is 2.43. The molecule has 0 spiro atoms. The zero-order valence-corrected chi connectivity index (χ0v) is 13.4. The molecule has 1 aliphatic rings. The molecule has 0 saturated heterocycles. The van der Waals surface area contributed by atoms with Gasteiger partial charge in [-0.2, -0.15) is 13.2 Å². The van der Waals surface area contributed by atoms with Crippen LogP contribution in [0, 0.1) is 13.8 Å². The summed E-state index contributed by atoms with van der Waals surface area (Å²) in [7, 11) is 0. The number of aryl methyl sites for hydroxylation is 2. The first-order valence-corrected chi connectivity index (χ1v) is 7.62. The molecule has 1 heterocycles. The highest BCUT2D eigenvalue weighted by molar-refractivity contribution is 5.77. The Labute approximate surface area is 138 Å². The van der Waals surface area contributed by atoms with Crippen LogP contribution < -0.4 is 15.2 Å². The van der Waals surface area contributed by atoms with Gasteiger partial charge in [-0.1, -0.05) is 6.07 Å². The van der Waals surface area contributed by atoms with Crippen molar-refractivity contribution < 1.29 is 22.6 Å². The van der Waals surface area contributed by atoms with Crippen LogP contribution in [0.3, 0.4) is 0 Å². The largest absolute Gasteiger partial charge is 0.486 e. The molecule has 0 aromatic heterocycles. The van der Waals surface area contributed by atoms with E-state index in [2.05, 4.69) is 0 Å². The van der Waals surface area contributed by atoms with Crippen molar-refractivity contribution in [3.8, 4) is 22.6 Å². The van der Waals surface area contributed by atoms with Crippen molar-refractivity contribution in [3.05, 3.63) is 47.0 Å². The Balaban J connectivity index is 2.12. The lowest BCUT2D eigenvalue weighted by molar-refractivity contribution is -0.137. The molecule has 0 aliphatic carbocycles. The predicted molar refractivity (Wildman–Crippen MR) is 85.3 cm³/mol. The second-order valence-corrected chi connectivity index (χ2v) is 5.95. The first kappa shape index (κ1) is 16.6. The number of hydrogen-bond acceptors (Lipinski definition) is 3. The van der Waals surface area contributed by atoms with Crippen molar-refractivity contribution in [2.75, 3.05) is 13.2 Å². The summed E-state index contributed by atoms with van der Waals surface area (Å²) in [6, 6.07) is 7.44. The van der Waals surface area contributed by atoms with Gasteiger partial charge in [-0.05, 0) is 54.8 Å². The maximum absolute atomic E-state index is 12.9. The van der Waals surface area contributed by atoms with Crippen LogP contribution in [0.4, 0.5) is 13.2 Å². The van der Waals surface area contributed by atoms with Crippen molar-refractivity contribution in [1.29, 1.82) is 0 Å². The van der Waals surface area contributed by atoms with Crippen LogP contribution in [0.15, 0.2) is 30.3 Å². The molecule has 0 bridgehead atoms. The highest BCUT2D eigenvalue weighted by Gasteiger charge is 2.31. The zero-order valence-electron chi connectivity index (χ0n) is 13.4. The Bertz CT molecular complexity index is 772. The monoisotopic (exact) mass is 337 g/mol. The lowest BCUT2D eigenvalue weighted by Crippen LogP contribution is -2.36. The smallest absolute Gasteiger partial charge is 0.416 e. The molecule has 128 valence electrons. The molecule has 0 saturated carbocycles. The number of hydrogen-bond donors (Lipinski definition) is 1. The Morgan fingerprint density at radius 3 is 2.50 bits per heavy atom. The number of ether oxygens (including phenoxy) is 2. The number of alkyl halides is 3. The zero-order chi connectivity index (χ0) is 17.5. The van der Waals surface area contributed by atoms with Crippen molar-refractivity contribution in [3.63, 3.8) is 0 Å². The predicted octanol–water partition coefficient (Wildman–Crippen LogP) is 4.09. The van der Waals surface area contributed by atoms with E-state index in [1.54, 1.807) is 6.92 Å². The van der Waals surface area contributed by atoms with Gasteiger partial charge in [0.1, 0.15) is 12.7 Å². The maximum atomic E-state index is 12.9. The van der Waals surface area contributed by atoms with Gasteiger partial charge in [0.15, 0.2) is 11.5 Å². The molecule has 2 N–H and O–H groups in total. The summed E-state index contributed by atoms with van der Waals surface area (Å²) in [5.74, 6) is 1.12. The topological polar surface area (TPSA) is 44.5 Å².